The Morgan fingerprint density at radius 3 is 2.29 bits per heavy atom. The van der Waals surface area contributed by atoms with Gasteiger partial charge in [0.1, 0.15) is 0 Å². The number of urea groups is 1. The molecule has 0 saturated heterocycles. The van der Waals surface area contributed by atoms with E-state index in [1.165, 1.54) is 11.1 Å². The fourth-order valence-electron chi connectivity index (χ4n) is 4.45. The van der Waals surface area contributed by atoms with Crippen molar-refractivity contribution in [3.63, 3.8) is 0 Å². The zero-order valence-corrected chi connectivity index (χ0v) is 19.9. The van der Waals surface area contributed by atoms with Crippen molar-refractivity contribution in [3.8, 4) is 11.4 Å². The molecule has 1 aliphatic rings. The average Bonchev–Trinajstić information content (AvgIpc) is 3.39. The second-order valence-electron chi connectivity index (χ2n) is 8.65. The molecular formula is C29H28N4O2. The maximum Gasteiger partial charge on any atom is 0.322 e. The average molecular weight is 465 g/mol. The molecule has 1 N–H and O–H groups in total. The van der Waals surface area contributed by atoms with Crippen LogP contribution < -0.4 is 5.32 Å². The molecule has 0 spiro atoms. The second kappa shape index (κ2) is 9.97. The number of allylic oxidation sites excluding steroid dienone is 1. The SMILES string of the molecule is CCc1ccc(-c2noc(C3=C(C)N(CCc4ccccc4)C(=O)NC3c3ccccc3)n2)cc1. The predicted molar refractivity (Wildman–Crippen MR) is 136 cm³/mol. The lowest BCUT2D eigenvalue weighted by atomic mass is 9.94. The molecule has 0 bridgehead atoms. The van der Waals surface area contributed by atoms with Crippen molar-refractivity contribution in [3.05, 3.63) is 113 Å². The first-order chi connectivity index (χ1) is 17.1. The first kappa shape index (κ1) is 22.6. The molecule has 2 heterocycles. The lowest BCUT2D eigenvalue weighted by molar-refractivity contribution is 0.205. The molecule has 176 valence electrons. The summed E-state index contributed by atoms with van der Waals surface area (Å²) in [5, 5.41) is 7.43. The van der Waals surface area contributed by atoms with E-state index in [1.807, 2.05) is 67.6 Å². The van der Waals surface area contributed by atoms with Gasteiger partial charge in [-0.3, -0.25) is 4.90 Å². The normalized spacial score (nSPS) is 15.9. The van der Waals surface area contributed by atoms with E-state index in [4.69, 9.17) is 9.51 Å². The van der Waals surface area contributed by atoms with Gasteiger partial charge in [0, 0.05) is 17.8 Å². The summed E-state index contributed by atoms with van der Waals surface area (Å²) >= 11 is 0. The van der Waals surface area contributed by atoms with Gasteiger partial charge >= 0.3 is 6.03 Å². The van der Waals surface area contributed by atoms with Crippen molar-refractivity contribution in [1.82, 2.24) is 20.4 Å². The van der Waals surface area contributed by atoms with E-state index < -0.39 is 0 Å². The van der Waals surface area contributed by atoms with Crippen molar-refractivity contribution in [2.24, 2.45) is 0 Å². The Balaban J connectivity index is 1.52. The van der Waals surface area contributed by atoms with Crippen LogP contribution in [-0.4, -0.2) is 27.6 Å². The van der Waals surface area contributed by atoms with E-state index in [-0.39, 0.29) is 12.1 Å². The van der Waals surface area contributed by atoms with Gasteiger partial charge in [0.05, 0.1) is 11.6 Å². The van der Waals surface area contributed by atoms with Crippen LogP contribution >= 0.6 is 0 Å². The van der Waals surface area contributed by atoms with Crippen LogP contribution in [0.25, 0.3) is 17.0 Å². The van der Waals surface area contributed by atoms with Crippen LogP contribution in [0, 0.1) is 0 Å². The number of rotatable bonds is 7. The number of amides is 2. The molecular weight excluding hydrogens is 436 g/mol. The summed E-state index contributed by atoms with van der Waals surface area (Å²) in [4.78, 5) is 19.7. The number of aryl methyl sites for hydroxylation is 1. The summed E-state index contributed by atoms with van der Waals surface area (Å²) < 4.78 is 5.79. The molecule has 6 nitrogen and oxygen atoms in total. The van der Waals surface area contributed by atoms with Crippen LogP contribution in [0.1, 0.15) is 42.5 Å². The molecule has 0 aliphatic carbocycles. The van der Waals surface area contributed by atoms with Gasteiger partial charge < -0.3 is 9.84 Å². The van der Waals surface area contributed by atoms with Crippen molar-refractivity contribution in [2.75, 3.05) is 6.54 Å². The number of nitrogens with one attached hydrogen (secondary N) is 1. The number of benzene rings is 3. The van der Waals surface area contributed by atoms with Gasteiger partial charge in [-0.25, -0.2) is 4.79 Å². The first-order valence-corrected chi connectivity index (χ1v) is 11.9. The number of carbonyl (C=O) groups excluding carboxylic acids is 1. The third-order valence-electron chi connectivity index (χ3n) is 6.47. The molecule has 0 fully saturated rings. The van der Waals surface area contributed by atoms with Crippen LogP contribution in [0.5, 0.6) is 0 Å². The van der Waals surface area contributed by atoms with Crippen molar-refractivity contribution in [1.29, 1.82) is 0 Å². The van der Waals surface area contributed by atoms with E-state index in [0.29, 0.717) is 18.3 Å². The van der Waals surface area contributed by atoms with Crippen molar-refractivity contribution >= 4 is 11.6 Å². The highest BCUT2D eigenvalue weighted by atomic mass is 16.5. The summed E-state index contributed by atoms with van der Waals surface area (Å²) in [6, 6.07) is 27.7. The van der Waals surface area contributed by atoms with Crippen LogP contribution in [0.15, 0.2) is 95.1 Å². The third kappa shape index (κ3) is 4.73. The Morgan fingerprint density at radius 1 is 0.914 bits per heavy atom. The molecule has 35 heavy (non-hydrogen) atoms. The Morgan fingerprint density at radius 2 is 1.60 bits per heavy atom. The zero-order chi connectivity index (χ0) is 24.2. The van der Waals surface area contributed by atoms with Crippen LogP contribution in [0.2, 0.25) is 0 Å². The molecule has 0 saturated carbocycles. The highest BCUT2D eigenvalue weighted by molar-refractivity contribution is 5.86. The summed E-state index contributed by atoms with van der Waals surface area (Å²) in [5.41, 5.74) is 5.92. The molecule has 3 aromatic carbocycles. The number of hydrogen-bond acceptors (Lipinski definition) is 4. The minimum Gasteiger partial charge on any atom is -0.334 e. The van der Waals surface area contributed by atoms with E-state index >= 15 is 0 Å². The Bertz CT molecular complexity index is 1330. The molecule has 1 aliphatic heterocycles. The number of carbonyl (C=O) groups is 1. The summed E-state index contributed by atoms with van der Waals surface area (Å²) in [6.45, 7) is 4.63. The van der Waals surface area contributed by atoms with Crippen LogP contribution in [0.3, 0.4) is 0 Å². The summed E-state index contributed by atoms with van der Waals surface area (Å²) in [7, 11) is 0. The second-order valence-corrected chi connectivity index (χ2v) is 8.65. The molecule has 1 unspecified atom stereocenters. The lowest BCUT2D eigenvalue weighted by Crippen LogP contribution is -2.46. The largest absolute Gasteiger partial charge is 0.334 e. The van der Waals surface area contributed by atoms with E-state index in [1.54, 1.807) is 4.90 Å². The minimum atomic E-state index is -0.382. The highest BCUT2D eigenvalue weighted by Crippen LogP contribution is 2.37. The Labute approximate surface area is 205 Å². The fraction of sp³-hybridized carbons (Fsp3) is 0.207. The van der Waals surface area contributed by atoms with Gasteiger partial charge in [0.2, 0.25) is 5.82 Å². The molecule has 1 atom stereocenters. The monoisotopic (exact) mass is 464 g/mol. The molecule has 4 aromatic rings. The maximum atomic E-state index is 13.2. The standard InChI is InChI=1S/C29H28N4O2/c1-3-21-14-16-24(17-15-21)27-31-28(35-32-27)25-20(2)33(19-18-22-10-6-4-7-11-22)29(34)30-26(25)23-12-8-5-9-13-23/h4-17,26H,3,18-19H2,1-2H3,(H,30,34). The van der Waals surface area contributed by atoms with Crippen molar-refractivity contribution in [2.45, 2.75) is 32.7 Å². The molecule has 2 amide bonds. The Kier molecular flexibility index (Phi) is 6.44. The first-order valence-electron chi connectivity index (χ1n) is 11.9. The van der Waals surface area contributed by atoms with Gasteiger partial charge in [-0.05, 0) is 36.5 Å². The molecule has 5 rings (SSSR count). The topological polar surface area (TPSA) is 71.3 Å². The number of aromatic nitrogens is 2. The fourth-order valence-corrected chi connectivity index (χ4v) is 4.45. The van der Waals surface area contributed by atoms with Gasteiger partial charge in [-0.2, -0.15) is 4.98 Å². The number of hydrogen-bond donors (Lipinski definition) is 1. The highest BCUT2D eigenvalue weighted by Gasteiger charge is 2.35. The van der Waals surface area contributed by atoms with Crippen molar-refractivity contribution < 1.29 is 9.32 Å². The quantitative estimate of drug-likeness (QED) is 0.362. The van der Waals surface area contributed by atoms with E-state index in [2.05, 4.69) is 41.7 Å². The van der Waals surface area contributed by atoms with E-state index in [0.717, 1.165) is 35.2 Å². The Hall–Kier alpha value is -4.19. The van der Waals surface area contributed by atoms with Crippen LogP contribution in [-0.2, 0) is 12.8 Å². The third-order valence-corrected chi connectivity index (χ3v) is 6.47. The van der Waals surface area contributed by atoms with E-state index in [9.17, 15) is 4.79 Å². The van der Waals surface area contributed by atoms with Gasteiger partial charge in [-0.15, -0.1) is 0 Å². The van der Waals surface area contributed by atoms with Gasteiger partial charge in [0.15, 0.2) is 0 Å². The summed E-state index contributed by atoms with van der Waals surface area (Å²) in [5.74, 6) is 0.943. The van der Waals surface area contributed by atoms with Gasteiger partial charge in [-0.1, -0.05) is 97.0 Å². The minimum absolute atomic E-state index is 0.133. The molecule has 6 heteroatoms. The zero-order valence-electron chi connectivity index (χ0n) is 19.9. The van der Waals surface area contributed by atoms with Gasteiger partial charge in [0.25, 0.3) is 5.89 Å². The predicted octanol–water partition coefficient (Wildman–Crippen LogP) is 6.04. The molecule has 0 radical (unpaired) electrons. The lowest BCUT2D eigenvalue weighted by Gasteiger charge is -2.35. The summed E-state index contributed by atoms with van der Waals surface area (Å²) in [6.07, 6.45) is 1.72. The number of nitrogens with zero attached hydrogens (tertiary/aromatic N) is 3. The molecule has 1 aromatic heterocycles. The maximum absolute atomic E-state index is 13.2. The van der Waals surface area contributed by atoms with Crippen LogP contribution in [0.4, 0.5) is 4.79 Å². The smallest absolute Gasteiger partial charge is 0.322 e.